The second-order valence-corrected chi connectivity index (χ2v) is 10.4. The van der Waals surface area contributed by atoms with E-state index in [1.54, 1.807) is 29.4 Å². The molecule has 0 radical (unpaired) electrons. The van der Waals surface area contributed by atoms with Gasteiger partial charge in [0.15, 0.2) is 0 Å². The summed E-state index contributed by atoms with van der Waals surface area (Å²) in [7, 11) is -4.21. The number of hydrogen-bond donors (Lipinski definition) is 2. The Labute approximate surface area is 197 Å². The van der Waals surface area contributed by atoms with Crippen molar-refractivity contribution in [2.45, 2.75) is 36.2 Å². The second kappa shape index (κ2) is 11.6. The Morgan fingerprint density at radius 3 is 2.48 bits per heavy atom. The molecule has 33 heavy (non-hydrogen) atoms. The fourth-order valence-corrected chi connectivity index (χ4v) is 5.38. The molecule has 11 heteroatoms. The first-order valence-corrected chi connectivity index (χ1v) is 13.4. The summed E-state index contributed by atoms with van der Waals surface area (Å²) in [5.41, 5.74) is 0.562. The van der Waals surface area contributed by atoms with E-state index in [1.807, 2.05) is 6.26 Å². The van der Waals surface area contributed by atoms with Crippen molar-refractivity contribution < 1.29 is 22.4 Å². The highest BCUT2D eigenvalue weighted by molar-refractivity contribution is 7.98. The minimum Gasteiger partial charge on any atom is -0.352 e. The Balaban J connectivity index is 1.60. The number of piperidine rings is 1. The predicted octanol–water partition coefficient (Wildman–Crippen LogP) is 2.04. The Morgan fingerprint density at radius 1 is 1.18 bits per heavy atom. The van der Waals surface area contributed by atoms with Gasteiger partial charge in [0.2, 0.25) is 15.9 Å². The van der Waals surface area contributed by atoms with Gasteiger partial charge in [0.1, 0.15) is 16.8 Å². The number of carbonyl (C=O) groups excluding carboxylic acids is 2. The molecular formula is C22H27FN4O4S2. The molecule has 1 aromatic heterocycles. The van der Waals surface area contributed by atoms with E-state index in [0.29, 0.717) is 37.2 Å². The fourth-order valence-electron chi connectivity index (χ4n) is 3.60. The van der Waals surface area contributed by atoms with Crippen LogP contribution in [0.2, 0.25) is 0 Å². The Kier molecular flexibility index (Phi) is 8.81. The number of amides is 2. The van der Waals surface area contributed by atoms with Crippen molar-refractivity contribution in [3.8, 4) is 0 Å². The largest absolute Gasteiger partial charge is 0.352 e. The summed E-state index contributed by atoms with van der Waals surface area (Å²) in [6.07, 6.45) is 6.36. The third-order valence-corrected chi connectivity index (χ3v) is 7.56. The highest BCUT2D eigenvalue weighted by Gasteiger charge is 2.30. The molecule has 178 valence electrons. The third kappa shape index (κ3) is 6.75. The van der Waals surface area contributed by atoms with Crippen molar-refractivity contribution >= 4 is 33.6 Å². The lowest BCUT2D eigenvalue weighted by Crippen LogP contribution is -2.52. The van der Waals surface area contributed by atoms with Crippen molar-refractivity contribution in [3.05, 3.63) is 60.2 Å². The number of sulfonamides is 1. The zero-order chi connectivity index (χ0) is 23.8. The molecule has 1 aromatic carbocycles. The van der Waals surface area contributed by atoms with Gasteiger partial charge < -0.3 is 10.2 Å². The molecule has 1 aliphatic rings. The molecule has 0 bridgehead atoms. The standard InChI is InChI=1S/C22H27FN4O4S2/c1-32-15-10-19(26-33(30,31)20-5-3-2-4-18(20)23)21(28)25-17-8-13-27(14-9-17)22(29)16-6-11-24-12-7-16/h2-7,11-12,17,19,26H,8-10,13-15H2,1H3,(H,25,28). The molecule has 3 rings (SSSR count). The van der Waals surface area contributed by atoms with E-state index in [2.05, 4.69) is 15.0 Å². The molecular weight excluding hydrogens is 467 g/mol. The molecule has 2 aromatic rings. The van der Waals surface area contributed by atoms with Gasteiger partial charge in [0.05, 0.1) is 0 Å². The zero-order valence-corrected chi connectivity index (χ0v) is 19.9. The number of hydrogen-bond acceptors (Lipinski definition) is 6. The number of carbonyl (C=O) groups is 2. The van der Waals surface area contributed by atoms with Crippen molar-refractivity contribution in [2.24, 2.45) is 0 Å². The van der Waals surface area contributed by atoms with Crippen LogP contribution < -0.4 is 10.0 Å². The monoisotopic (exact) mass is 494 g/mol. The molecule has 1 atom stereocenters. The molecule has 1 saturated heterocycles. The van der Waals surface area contributed by atoms with Crippen molar-refractivity contribution in [2.75, 3.05) is 25.1 Å². The second-order valence-electron chi connectivity index (χ2n) is 7.70. The van der Waals surface area contributed by atoms with E-state index in [1.165, 1.54) is 23.9 Å². The molecule has 1 fully saturated rings. The number of rotatable bonds is 9. The van der Waals surface area contributed by atoms with E-state index in [9.17, 15) is 22.4 Å². The van der Waals surface area contributed by atoms with Gasteiger partial charge in [-0.25, -0.2) is 12.8 Å². The summed E-state index contributed by atoms with van der Waals surface area (Å²) >= 11 is 1.48. The first kappa shape index (κ1) is 25.1. The average Bonchev–Trinajstić information content (AvgIpc) is 2.82. The zero-order valence-electron chi connectivity index (χ0n) is 18.2. The van der Waals surface area contributed by atoms with E-state index in [-0.39, 0.29) is 18.4 Å². The van der Waals surface area contributed by atoms with Crippen LogP contribution in [0.4, 0.5) is 4.39 Å². The first-order chi connectivity index (χ1) is 15.8. The molecule has 0 spiro atoms. The normalized spacial score (nSPS) is 15.8. The van der Waals surface area contributed by atoms with Gasteiger partial charge in [-0.05, 0) is 55.5 Å². The molecule has 2 heterocycles. The van der Waals surface area contributed by atoms with E-state index >= 15 is 0 Å². The molecule has 0 saturated carbocycles. The van der Waals surface area contributed by atoms with Crippen LogP contribution in [0.3, 0.4) is 0 Å². The van der Waals surface area contributed by atoms with E-state index < -0.39 is 32.7 Å². The Bertz CT molecular complexity index is 1060. The summed E-state index contributed by atoms with van der Waals surface area (Å²) in [4.78, 5) is 30.6. The van der Waals surface area contributed by atoms with Crippen molar-refractivity contribution in [1.82, 2.24) is 19.9 Å². The van der Waals surface area contributed by atoms with Crippen LogP contribution in [0.15, 0.2) is 53.7 Å². The van der Waals surface area contributed by atoms with Crippen LogP contribution in [0, 0.1) is 5.82 Å². The average molecular weight is 495 g/mol. The van der Waals surface area contributed by atoms with Crippen LogP contribution in [0.1, 0.15) is 29.6 Å². The van der Waals surface area contributed by atoms with Gasteiger partial charge in [0.25, 0.3) is 5.91 Å². The number of nitrogens with one attached hydrogen (secondary N) is 2. The topological polar surface area (TPSA) is 108 Å². The Hall–Kier alpha value is -2.50. The highest BCUT2D eigenvalue weighted by atomic mass is 32.2. The summed E-state index contributed by atoms with van der Waals surface area (Å²) in [6.45, 7) is 0.949. The van der Waals surface area contributed by atoms with Crippen LogP contribution in [-0.4, -0.2) is 67.3 Å². The summed E-state index contributed by atoms with van der Waals surface area (Å²) in [5.74, 6) is -0.864. The molecule has 8 nitrogen and oxygen atoms in total. The molecule has 2 N–H and O–H groups in total. The molecule has 2 amide bonds. The smallest absolute Gasteiger partial charge is 0.253 e. The van der Waals surface area contributed by atoms with Gasteiger partial charge in [-0.15, -0.1) is 0 Å². The number of aromatic nitrogens is 1. The maximum absolute atomic E-state index is 14.0. The summed E-state index contributed by atoms with van der Waals surface area (Å²) in [5, 5.41) is 2.90. The van der Waals surface area contributed by atoms with Crippen molar-refractivity contribution in [1.29, 1.82) is 0 Å². The fraction of sp³-hybridized carbons (Fsp3) is 0.409. The predicted molar refractivity (Wildman–Crippen MR) is 125 cm³/mol. The maximum atomic E-state index is 14.0. The van der Waals surface area contributed by atoms with E-state index in [4.69, 9.17) is 0 Å². The molecule has 1 aliphatic heterocycles. The maximum Gasteiger partial charge on any atom is 0.253 e. The highest BCUT2D eigenvalue weighted by Crippen LogP contribution is 2.17. The van der Waals surface area contributed by atoms with Gasteiger partial charge in [-0.2, -0.15) is 16.5 Å². The first-order valence-electron chi connectivity index (χ1n) is 10.6. The lowest BCUT2D eigenvalue weighted by Gasteiger charge is -2.33. The summed E-state index contributed by atoms with van der Waals surface area (Å²) < 4.78 is 41.8. The van der Waals surface area contributed by atoms with E-state index in [0.717, 1.165) is 12.1 Å². The van der Waals surface area contributed by atoms with Gasteiger partial charge >= 0.3 is 0 Å². The summed E-state index contributed by atoms with van der Waals surface area (Å²) in [6, 6.07) is 7.16. The van der Waals surface area contributed by atoms with Crippen molar-refractivity contribution in [3.63, 3.8) is 0 Å². The Morgan fingerprint density at radius 2 is 1.85 bits per heavy atom. The molecule has 0 aliphatic carbocycles. The minimum absolute atomic E-state index is 0.0855. The van der Waals surface area contributed by atoms with Gasteiger partial charge in [-0.3, -0.25) is 14.6 Å². The van der Waals surface area contributed by atoms with Crippen LogP contribution in [0.25, 0.3) is 0 Å². The number of halogens is 1. The van der Waals surface area contributed by atoms with Gasteiger partial charge in [0, 0.05) is 37.1 Å². The SMILES string of the molecule is CSCCC(NS(=O)(=O)c1ccccc1F)C(=O)NC1CCN(C(=O)c2ccncc2)CC1. The number of nitrogens with zero attached hydrogens (tertiary/aromatic N) is 2. The quantitative estimate of drug-likeness (QED) is 0.552. The number of likely N-dealkylation sites (tertiary alicyclic amines) is 1. The number of thioether (sulfide) groups is 1. The lowest BCUT2D eigenvalue weighted by molar-refractivity contribution is -0.123. The third-order valence-electron chi connectivity index (χ3n) is 5.41. The van der Waals surface area contributed by atoms with Crippen LogP contribution >= 0.6 is 11.8 Å². The number of benzene rings is 1. The van der Waals surface area contributed by atoms with Gasteiger partial charge in [-0.1, -0.05) is 12.1 Å². The van der Waals surface area contributed by atoms with Crippen LogP contribution in [0.5, 0.6) is 0 Å². The lowest BCUT2D eigenvalue weighted by atomic mass is 10.0. The number of pyridine rings is 1. The molecule has 1 unspecified atom stereocenters. The van der Waals surface area contributed by atoms with Crippen LogP contribution in [-0.2, 0) is 14.8 Å². The minimum atomic E-state index is -4.21.